The van der Waals surface area contributed by atoms with Gasteiger partial charge in [0.15, 0.2) is 69.4 Å². The molecule has 0 saturated carbocycles. The predicted octanol–water partition coefficient (Wildman–Crippen LogP) is 11.3. The van der Waals surface area contributed by atoms with E-state index < -0.39 is 79.3 Å². The second-order valence-electron chi connectivity index (χ2n) is 17.0. The Kier molecular flexibility index (Phi) is 24.1. The number of esters is 3. The van der Waals surface area contributed by atoms with Gasteiger partial charge in [0.25, 0.3) is 0 Å². The summed E-state index contributed by atoms with van der Waals surface area (Å²) >= 11 is 0. The number of carbonyl (C=O) groups excluding carboxylic acids is 3. The summed E-state index contributed by atoms with van der Waals surface area (Å²) in [7, 11) is -11.8. The van der Waals surface area contributed by atoms with Gasteiger partial charge >= 0.3 is 28.4 Å². The molecule has 0 bridgehead atoms. The highest BCUT2D eigenvalue weighted by molar-refractivity contribution is 7.97. The molecule has 6 aromatic rings. The zero-order valence-electron chi connectivity index (χ0n) is 41.4. The summed E-state index contributed by atoms with van der Waals surface area (Å²) < 4.78 is 124. The van der Waals surface area contributed by atoms with E-state index in [0.29, 0.717) is 12.8 Å². The third-order valence-corrected chi connectivity index (χ3v) is 16.7. The standard InChI is InChI=1S/2C18H15S.C10H16F2O7S.C8H14F2O5S/c2*1-4-10-16(11-5-1)19(17-12-6-2-7-13-17)18-14-8-3-9-15-18;1-4-9(2,3)8(14)18-5-7(13)19-6-10(11,12)20(15,16)17;1-4-7(2,3)6(11)15-5-8(9,10)16(12,13)14/h2*1-15H;4-6H2,1-3H3,(H,15,16,17);4-5H2,1-3H3,(H,12,13,14)/q2*+1;;/p-2. The van der Waals surface area contributed by atoms with Crippen molar-refractivity contribution in [1.82, 2.24) is 0 Å². The van der Waals surface area contributed by atoms with Crippen LogP contribution in [0.1, 0.15) is 54.4 Å². The third kappa shape index (κ3) is 19.7. The number of ether oxygens (including phenoxy) is 3. The van der Waals surface area contributed by atoms with Crippen molar-refractivity contribution < 1.29 is 72.1 Å². The van der Waals surface area contributed by atoms with Crippen molar-refractivity contribution >= 4 is 59.9 Å². The molecule has 0 heterocycles. The van der Waals surface area contributed by atoms with Crippen molar-refractivity contribution in [1.29, 1.82) is 0 Å². The van der Waals surface area contributed by atoms with E-state index in [4.69, 9.17) is 0 Å². The van der Waals surface area contributed by atoms with Gasteiger partial charge in [-0.15, -0.1) is 0 Å². The van der Waals surface area contributed by atoms with Gasteiger partial charge in [0.2, 0.25) is 0 Å². The van der Waals surface area contributed by atoms with Crippen molar-refractivity contribution in [2.24, 2.45) is 10.8 Å². The number of rotatable bonds is 18. The van der Waals surface area contributed by atoms with Crippen LogP contribution < -0.4 is 0 Å². The molecule has 0 fully saturated rings. The van der Waals surface area contributed by atoms with Gasteiger partial charge in [-0.05, 0) is 113 Å². The Hall–Kier alpha value is -6.03. The molecule has 0 N–H and O–H groups in total. The molecule has 0 aliphatic carbocycles. The summed E-state index contributed by atoms with van der Waals surface area (Å²) in [5, 5.41) is -9.32. The molecule has 0 amide bonds. The van der Waals surface area contributed by atoms with Gasteiger partial charge in [-0.3, -0.25) is 9.59 Å². The van der Waals surface area contributed by atoms with Crippen molar-refractivity contribution in [2.75, 3.05) is 19.8 Å². The Morgan fingerprint density at radius 3 is 0.851 bits per heavy atom. The van der Waals surface area contributed by atoms with Crippen molar-refractivity contribution in [3.63, 3.8) is 0 Å². The summed E-state index contributed by atoms with van der Waals surface area (Å²) in [5.74, 6) is -3.09. The van der Waals surface area contributed by atoms with Crippen LogP contribution in [0.3, 0.4) is 0 Å². The number of hydrogen-bond acceptors (Lipinski definition) is 12. The molecule has 0 radical (unpaired) electrons. The first kappa shape index (κ1) is 62.3. The SMILES string of the molecule is CCC(C)(C)C(=O)OCC(=O)OCC(F)(F)S(=O)(=O)[O-].CCC(C)(C)C(=O)OCC(F)(F)S(=O)(=O)[O-].c1ccc([S+](c2ccccc2)c2ccccc2)cc1.c1ccc([S+](c2ccccc2)c2ccccc2)cc1. The minimum atomic E-state index is -5.92. The molecule has 0 unspecified atom stereocenters. The lowest BCUT2D eigenvalue weighted by Gasteiger charge is -2.24. The lowest BCUT2D eigenvalue weighted by molar-refractivity contribution is -0.167. The van der Waals surface area contributed by atoms with Crippen molar-refractivity contribution in [2.45, 2.75) is 94.3 Å². The van der Waals surface area contributed by atoms with Crippen LogP contribution in [0, 0.1) is 10.8 Å². The van der Waals surface area contributed by atoms with Crippen molar-refractivity contribution in [3.05, 3.63) is 182 Å². The zero-order valence-corrected chi connectivity index (χ0v) is 44.7. The Balaban J connectivity index is 0.000000261. The molecule has 0 spiro atoms. The highest BCUT2D eigenvalue weighted by atomic mass is 32.2. The number of halogens is 4. The quantitative estimate of drug-likeness (QED) is 0.0260. The van der Waals surface area contributed by atoms with Gasteiger partial charge in [-0.1, -0.05) is 123 Å². The molecular weight excluding hydrogens is 1040 g/mol. The molecule has 398 valence electrons. The van der Waals surface area contributed by atoms with E-state index in [2.05, 4.69) is 196 Å². The number of benzene rings is 6. The van der Waals surface area contributed by atoms with Crippen LogP contribution in [0.2, 0.25) is 0 Å². The van der Waals surface area contributed by atoms with Crippen LogP contribution in [0.5, 0.6) is 0 Å². The maximum Gasteiger partial charge on any atom is 0.367 e. The van der Waals surface area contributed by atoms with Gasteiger partial charge in [0.05, 0.1) is 32.6 Å². The molecule has 20 heteroatoms. The Labute approximate surface area is 436 Å². The van der Waals surface area contributed by atoms with E-state index in [-0.39, 0.29) is 21.8 Å². The molecule has 74 heavy (non-hydrogen) atoms. The summed E-state index contributed by atoms with van der Waals surface area (Å²) in [6, 6.07) is 64.3. The largest absolute Gasteiger partial charge is 0.743 e. The van der Waals surface area contributed by atoms with Gasteiger partial charge in [0, 0.05) is 0 Å². The van der Waals surface area contributed by atoms with Crippen LogP contribution in [-0.4, -0.2) is 74.2 Å². The molecule has 0 aliphatic heterocycles. The molecular formula is C54H58F4O12S4. The molecule has 0 aromatic heterocycles. The fourth-order valence-corrected chi connectivity index (χ4v) is 10.1. The van der Waals surface area contributed by atoms with Gasteiger partial charge in [-0.2, -0.15) is 17.6 Å². The number of alkyl halides is 4. The van der Waals surface area contributed by atoms with Gasteiger partial charge < -0.3 is 23.3 Å². The first-order chi connectivity index (χ1) is 34.7. The number of carbonyl (C=O) groups is 3. The second-order valence-corrected chi connectivity index (χ2v) is 24.0. The highest BCUT2D eigenvalue weighted by Gasteiger charge is 2.41. The zero-order chi connectivity index (χ0) is 55.2. The summed E-state index contributed by atoms with van der Waals surface area (Å²) in [4.78, 5) is 41.8. The van der Waals surface area contributed by atoms with E-state index in [1.807, 2.05) is 0 Å². The van der Waals surface area contributed by atoms with Gasteiger partial charge in [-0.25, -0.2) is 21.6 Å². The van der Waals surface area contributed by atoms with E-state index in [1.165, 1.54) is 43.2 Å². The summed E-state index contributed by atoms with van der Waals surface area (Å²) in [5.41, 5.74) is -1.86. The van der Waals surface area contributed by atoms with E-state index in [0.717, 1.165) is 0 Å². The monoisotopic (exact) mass is 1100 g/mol. The highest BCUT2D eigenvalue weighted by Crippen LogP contribution is 2.32. The van der Waals surface area contributed by atoms with E-state index in [9.17, 15) is 57.9 Å². The molecule has 12 nitrogen and oxygen atoms in total. The van der Waals surface area contributed by atoms with E-state index >= 15 is 0 Å². The van der Waals surface area contributed by atoms with Crippen LogP contribution in [0.25, 0.3) is 0 Å². The third-order valence-electron chi connectivity index (χ3n) is 10.6. The Morgan fingerprint density at radius 2 is 0.635 bits per heavy atom. The normalized spacial score (nSPS) is 11.9. The maximum atomic E-state index is 12.6. The molecule has 6 rings (SSSR count). The topological polar surface area (TPSA) is 193 Å². The predicted molar refractivity (Wildman–Crippen MR) is 273 cm³/mol. The Bertz CT molecular complexity index is 2560. The lowest BCUT2D eigenvalue weighted by Crippen LogP contribution is -2.37. The summed E-state index contributed by atoms with van der Waals surface area (Å²) in [6.07, 6.45) is 0.759. The molecule has 0 aliphatic rings. The second kappa shape index (κ2) is 28.6. The van der Waals surface area contributed by atoms with Gasteiger partial charge in [0.1, 0.15) is 0 Å². The van der Waals surface area contributed by atoms with Crippen LogP contribution in [0.4, 0.5) is 17.6 Å². The van der Waals surface area contributed by atoms with Crippen LogP contribution in [-0.2, 0) is 70.6 Å². The average molecular weight is 1100 g/mol. The number of hydrogen-bond donors (Lipinski definition) is 0. The van der Waals surface area contributed by atoms with Crippen LogP contribution in [0.15, 0.2) is 211 Å². The fourth-order valence-electron chi connectivity index (χ4n) is 5.46. The fraction of sp³-hybridized carbons (Fsp3) is 0.278. The minimum Gasteiger partial charge on any atom is -0.743 e. The molecule has 6 aromatic carbocycles. The smallest absolute Gasteiger partial charge is 0.367 e. The molecule has 0 atom stereocenters. The molecule has 0 saturated heterocycles. The first-order valence-corrected chi connectivity index (χ1v) is 27.9. The maximum absolute atomic E-state index is 12.6. The lowest BCUT2D eigenvalue weighted by atomic mass is 9.91. The average Bonchev–Trinajstić information content (AvgIpc) is 3.38. The first-order valence-electron chi connectivity index (χ1n) is 22.6. The van der Waals surface area contributed by atoms with Crippen molar-refractivity contribution in [3.8, 4) is 0 Å². The summed E-state index contributed by atoms with van der Waals surface area (Å²) in [6.45, 7) is 4.75. The van der Waals surface area contributed by atoms with Crippen LogP contribution >= 0.6 is 0 Å². The Morgan fingerprint density at radius 1 is 0.419 bits per heavy atom. The minimum absolute atomic E-state index is 0.0146. The van der Waals surface area contributed by atoms with E-state index in [1.54, 1.807) is 27.7 Å².